The fourth-order valence-electron chi connectivity index (χ4n) is 3.52. The zero-order valence-corrected chi connectivity index (χ0v) is 18.6. The molecule has 0 unspecified atom stereocenters. The molecule has 0 N–H and O–H groups in total. The lowest BCUT2D eigenvalue weighted by Gasteiger charge is -2.38. The van der Waals surface area contributed by atoms with Crippen molar-refractivity contribution < 1.29 is 4.74 Å². The first-order valence-corrected chi connectivity index (χ1v) is 11.2. The van der Waals surface area contributed by atoms with Crippen molar-refractivity contribution in [2.45, 2.75) is 18.7 Å². The van der Waals surface area contributed by atoms with E-state index in [-0.39, 0.29) is 12.3 Å². The summed E-state index contributed by atoms with van der Waals surface area (Å²) in [5, 5.41) is 7.77. The third kappa shape index (κ3) is 3.23. The molecule has 0 spiro atoms. The SMILES string of the molecule is Clc1ccc([C@H]2Oc3ccc(Br)cc3[C@H]3CC(c4ccc(Br)s4)=NN32)cc1. The van der Waals surface area contributed by atoms with Gasteiger partial charge in [-0.15, -0.1) is 11.3 Å². The molecule has 27 heavy (non-hydrogen) atoms. The van der Waals surface area contributed by atoms with Crippen LogP contribution in [0.2, 0.25) is 5.02 Å². The number of nitrogens with zero attached hydrogens (tertiary/aromatic N) is 2. The van der Waals surface area contributed by atoms with E-state index in [0.29, 0.717) is 5.02 Å². The van der Waals surface area contributed by atoms with E-state index in [2.05, 4.69) is 55.1 Å². The molecule has 3 aromatic rings. The van der Waals surface area contributed by atoms with Crippen molar-refractivity contribution in [2.75, 3.05) is 0 Å². The summed E-state index contributed by atoms with van der Waals surface area (Å²) in [4.78, 5) is 1.18. The summed E-state index contributed by atoms with van der Waals surface area (Å²) >= 11 is 14.9. The zero-order valence-electron chi connectivity index (χ0n) is 13.9. The van der Waals surface area contributed by atoms with E-state index in [1.165, 1.54) is 4.88 Å². The van der Waals surface area contributed by atoms with Crippen LogP contribution in [0, 0.1) is 0 Å². The van der Waals surface area contributed by atoms with Crippen LogP contribution in [0.25, 0.3) is 0 Å². The van der Waals surface area contributed by atoms with Crippen molar-refractivity contribution >= 4 is 60.5 Å². The Hall–Kier alpha value is -1.34. The van der Waals surface area contributed by atoms with Crippen molar-refractivity contribution in [1.82, 2.24) is 5.01 Å². The first-order chi connectivity index (χ1) is 13.1. The molecule has 1 aromatic heterocycles. The van der Waals surface area contributed by atoms with Crippen molar-refractivity contribution in [3.63, 3.8) is 0 Å². The molecule has 136 valence electrons. The summed E-state index contributed by atoms with van der Waals surface area (Å²) < 4.78 is 8.52. The van der Waals surface area contributed by atoms with Crippen LogP contribution in [0.15, 0.2) is 68.0 Å². The highest BCUT2D eigenvalue weighted by Crippen LogP contribution is 2.48. The van der Waals surface area contributed by atoms with Gasteiger partial charge in [0.1, 0.15) is 5.75 Å². The molecule has 7 heteroatoms. The summed E-state index contributed by atoms with van der Waals surface area (Å²) in [5.41, 5.74) is 3.28. The molecule has 0 saturated carbocycles. The maximum Gasteiger partial charge on any atom is 0.213 e. The van der Waals surface area contributed by atoms with Gasteiger partial charge in [-0.05, 0) is 58.4 Å². The second-order valence-electron chi connectivity index (χ2n) is 6.45. The molecule has 5 rings (SSSR count). The second-order valence-corrected chi connectivity index (χ2v) is 10.3. The Balaban J connectivity index is 1.60. The van der Waals surface area contributed by atoms with E-state index in [9.17, 15) is 0 Å². The maximum atomic E-state index is 6.37. The molecule has 0 fully saturated rings. The van der Waals surface area contributed by atoms with Crippen molar-refractivity contribution in [3.8, 4) is 5.75 Å². The lowest BCUT2D eigenvalue weighted by molar-refractivity contribution is -0.0190. The molecular formula is C20H13Br2ClN2OS. The second kappa shape index (κ2) is 6.92. The van der Waals surface area contributed by atoms with Gasteiger partial charge in [-0.2, -0.15) is 5.10 Å². The van der Waals surface area contributed by atoms with Crippen LogP contribution in [0.3, 0.4) is 0 Å². The Morgan fingerprint density at radius 3 is 2.63 bits per heavy atom. The van der Waals surface area contributed by atoms with Gasteiger partial charge < -0.3 is 4.74 Å². The number of benzene rings is 2. The van der Waals surface area contributed by atoms with Crippen molar-refractivity contribution in [2.24, 2.45) is 5.10 Å². The lowest BCUT2D eigenvalue weighted by Crippen LogP contribution is -2.33. The monoisotopic (exact) mass is 522 g/mol. The Morgan fingerprint density at radius 1 is 1.07 bits per heavy atom. The summed E-state index contributed by atoms with van der Waals surface area (Å²) in [7, 11) is 0. The minimum absolute atomic E-state index is 0.141. The predicted octanol–water partition coefficient (Wildman–Crippen LogP) is 7.17. The van der Waals surface area contributed by atoms with Crippen LogP contribution in [0.4, 0.5) is 0 Å². The fourth-order valence-corrected chi connectivity index (χ4v) is 5.41. The molecular weight excluding hydrogens is 512 g/mol. The summed E-state index contributed by atoms with van der Waals surface area (Å²) in [6.07, 6.45) is 0.575. The van der Waals surface area contributed by atoms with Crippen LogP contribution < -0.4 is 4.74 Å². The maximum absolute atomic E-state index is 6.37. The number of halogens is 3. The largest absolute Gasteiger partial charge is 0.464 e. The van der Waals surface area contributed by atoms with Gasteiger partial charge in [-0.1, -0.05) is 39.7 Å². The number of hydrogen-bond donors (Lipinski definition) is 0. The van der Waals surface area contributed by atoms with E-state index in [4.69, 9.17) is 21.4 Å². The van der Waals surface area contributed by atoms with Gasteiger partial charge in [0.15, 0.2) is 0 Å². The number of ether oxygens (including phenoxy) is 1. The minimum atomic E-state index is -0.276. The van der Waals surface area contributed by atoms with Crippen LogP contribution in [-0.2, 0) is 0 Å². The smallest absolute Gasteiger partial charge is 0.213 e. The molecule has 3 heterocycles. The van der Waals surface area contributed by atoms with Gasteiger partial charge in [0.2, 0.25) is 6.23 Å². The van der Waals surface area contributed by atoms with E-state index in [1.54, 1.807) is 11.3 Å². The standard InChI is InChI=1S/C20H13Br2ClN2OS/c21-12-3-6-17-14(9-12)16-10-15(18-7-8-19(22)27-18)24-25(16)20(26-17)11-1-4-13(23)5-2-11/h1-9,16,20H,10H2/t16-,20-/m1/s1. The molecule has 3 nitrogen and oxygen atoms in total. The number of rotatable bonds is 2. The van der Waals surface area contributed by atoms with Gasteiger partial charge in [0.05, 0.1) is 20.4 Å². The number of fused-ring (bicyclic) bond motifs is 3. The quantitative estimate of drug-likeness (QED) is 0.355. The molecule has 0 saturated heterocycles. The highest BCUT2D eigenvalue weighted by molar-refractivity contribution is 9.11. The van der Waals surface area contributed by atoms with Gasteiger partial charge in [0, 0.05) is 27.0 Å². The Bertz CT molecular complexity index is 1050. The zero-order chi connectivity index (χ0) is 18.5. The molecule has 0 amide bonds. The van der Waals surface area contributed by atoms with Gasteiger partial charge in [-0.25, -0.2) is 5.01 Å². The Kier molecular flexibility index (Phi) is 4.55. The van der Waals surface area contributed by atoms with Crippen LogP contribution in [0.5, 0.6) is 5.75 Å². The van der Waals surface area contributed by atoms with Crippen molar-refractivity contribution in [3.05, 3.63) is 83.9 Å². The summed E-state index contributed by atoms with van der Waals surface area (Å²) in [5.74, 6) is 0.906. The number of thiophene rings is 1. The van der Waals surface area contributed by atoms with Gasteiger partial charge in [-0.3, -0.25) is 0 Å². The Morgan fingerprint density at radius 2 is 1.89 bits per heavy atom. The average molecular weight is 525 g/mol. The third-order valence-electron chi connectivity index (χ3n) is 4.76. The van der Waals surface area contributed by atoms with Crippen molar-refractivity contribution in [1.29, 1.82) is 0 Å². The van der Waals surface area contributed by atoms with E-state index in [0.717, 1.165) is 37.3 Å². The lowest BCUT2D eigenvalue weighted by atomic mass is 9.98. The molecule has 2 aromatic carbocycles. The van der Waals surface area contributed by atoms with Crippen LogP contribution in [-0.4, -0.2) is 10.7 Å². The van der Waals surface area contributed by atoms with Crippen LogP contribution >= 0.6 is 54.8 Å². The fraction of sp³-hybridized carbons (Fsp3) is 0.150. The summed E-state index contributed by atoms with van der Waals surface area (Å²) in [6.45, 7) is 0. The van der Waals surface area contributed by atoms with E-state index in [1.807, 2.05) is 36.4 Å². The molecule has 2 atom stereocenters. The first kappa shape index (κ1) is 17.7. The number of hydrogen-bond acceptors (Lipinski definition) is 4. The normalized spacial score (nSPS) is 20.7. The van der Waals surface area contributed by atoms with E-state index < -0.39 is 0 Å². The topological polar surface area (TPSA) is 24.8 Å². The molecule has 0 bridgehead atoms. The molecule has 0 radical (unpaired) electrons. The van der Waals surface area contributed by atoms with E-state index >= 15 is 0 Å². The van der Waals surface area contributed by atoms with Gasteiger partial charge in [0.25, 0.3) is 0 Å². The molecule has 2 aliphatic heterocycles. The minimum Gasteiger partial charge on any atom is -0.464 e. The highest BCUT2D eigenvalue weighted by Gasteiger charge is 2.41. The molecule has 0 aliphatic carbocycles. The molecule has 2 aliphatic rings. The summed E-state index contributed by atoms with van der Waals surface area (Å²) in [6, 6.07) is 18.3. The Labute approximate surface area is 182 Å². The van der Waals surface area contributed by atoms with Gasteiger partial charge >= 0.3 is 0 Å². The highest BCUT2D eigenvalue weighted by atomic mass is 79.9. The number of hydrazone groups is 1. The average Bonchev–Trinajstić information content (AvgIpc) is 3.28. The first-order valence-electron chi connectivity index (χ1n) is 8.41. The third-order valence-corrected chi connectivity index (χ3v) is 7.18. The van der Waals surface area contributed by atoms with Crippen LogP contribution in [0.1, 0.15) is 34.7 Å². The predicted molar refractivity (Wildman–Crippen MR) is 117 cm³/mol.